The summed E-state index contributed by atoms with van der Waals surface area (Å²) in [7, 11) is 0. The molecular weight excluding hydrogens is 260 g/mol. The van der Waals surface area contributed by atoms with Gasteiger partial charge in [0.1, 0.15) is 11.0 Å². The first-order valence-electron chi connectivity index (χ1n) is 5.36. The molecule has 0 bridgehead atoms. The van der Waals surface area contributed by atoms with Gasteiger partial charge in [-0.15, -0.1) is 0 Å². The Morgan fingerprint density at radius 3 is 2.68 bits per heavy atom. The van der Waals surface area contributed by atoms with Crippen molar-refractivity contribution in [3.8, 4) is 0 Å². The van der Waals surface area contributed by atoms with Gasteiger partial charge in [0.05, 0.1) is 12.2 Å². The molecule has 1 amide bonds. The third-order valence-electron chi connectivity index (χ3n) is 2.81. The number of aliphatic hydroxyl groups excluding tert-OH is 1. The van der Waals surface area contributed by atoms with E-state index in [0.29, 0.717) is 0 Å². The molecule has 19 heavy (non-hydrogen) atoms. The van der Waals surface area contributed by atoms with Gasteiger partial charge in [-0.05, 0) is 6.07 Å². The number of aliphatic hydroxyl groups is 1. The summed E-state index contributed by atoms with van der Waals surface area (Å²) in [4.78, 5) is 33.5. The number of amides is 1. The van der Waals surface area contributed by atoms with Gasteiger partial charge < -0.3 is 19.5 Å². The van der Waals surface area contributed by atoms with Gasteiger partial charge in [-0.25, -0.2) is 4.79 Å². The summed E-state index contributed by atoms with van der Waals surface area (Å²) in [5, 5.41) is 28.8. The van der Waals surface area contributed by atoms with Crippen molar-refractivity contribution in [1.82, 2.24) is 4.90 Å². The highest BCUT2D eigenvalue weighted by atomic mass is 16.6. The summed E-state index contributed by atoms with van der Waals surface area (Å²) in [6.45, 7) is -0.149. The van der Waals surface area contributed by atoms with Gasteiger partial charge in [-0.1, -0.05) is 0 Å². The average molecular weight is 270 g/mol. The number of hydrogen-bond acceptors (Lipinski definition) is 6. The molecule has 2 atom stereocenters. The number of carboxylic acids is 1. The normalized spacial score (nSPS) is 22.5. The fourth-order valence-electron chi connectivity index (χ4n) is 1.95. The molecular formula is C10H10N2O7. The lowest BCUT2D eigenvalue weighted by Gasteiger charge is -2.19. The molecule has 9 heteroatoms. The van der Waals surface area contributed by atoms with Crippen LogP contribution in [0.25, 0.3) is 0 Å². The second-order valence-electron chi connectivity index (χ2n) is 4.10. The molecule has 1 aliphatic rings. The second kappa shape index (κ2) is 4.69. The zero-order valence-electron chi connectivity index (χ0n) is 9.55. The van der Waals surface area contributed by atoms with Crippen molar-refractivity contribution in [3.63, 3.8) is 0 Å². The summed E-state index contributed by atoms with van der Waals surface area (Å²) in [5.41, 5.74) is 0. The standard InChI is InChI=1S/C10H10N2O7/c13-5-3-6(10(15)16)11(4-5)9(14)7-1-2-8(19-7)12(17)18/h1-2,5-6,13H,3-4H2,(H,15,16)/t5?,6-/m0/s1. The zero-order valence-corrected chi connectivity index (χ0v) is 9.55. The monoisotopic (exact) mass is 270 g/mol. The van der Waals surface area contributed by atoms with Crippen molar-refractivity contribution in [2.24, 2.45) is 0 Å². The highest BCUT2D eigenvalue weighted by molar-refractivity contribution is 5.95. The molecule has 1 aromatic heterocycles. The largest absolute Gasteiger partial charge is 0.480 e. The number of nitro groups is 1. The molecule has 1 fully saturated rings. The highest BCUT2D eigenvalue weighted by Crippen LogP contribution is 2.23. The molecule has 2 N–H and O–H groups in total. The first-order chi connectivity index (χ1) is 8.90. The molecule has 2 rings (SSSR count). The molecule has 1 saturated heterocycles. The molecule has 0 spiro atoms. The predicted octanol–water partition coefficient (Wildman–Crippen LogP) is -0.152. The molecule has 1 aromatic rings. The zero-order chi connectivity index (χ0) is 14.2. The molecule has 1 unspecified atom stereocenters. The number of β-amino-alcohol motifs (C(OH)–C–C–N with tert-alkyl or cyclic N) is 1. The van der Waals surface area contributed by atoms with E-state index >= 15 is 0 Å². The van der Waals surface area contributed by atoms with Crippen LogP contribution in [-0.2, 0) is 4.79 Å². The van der Waals surface area contributed by atoms with E-state index in [9.17, 15) is 24.8 Å². The van der Waals surface area contributed by atoms with Crippen molar-refractivity contribution < 1.29 is 29.1 Å². The van der Waals surface area contributed by atoms with E-state index in [1.165, 1.54) is 0 Å². The number of likely N-dealkylation sites (tertiary alicyclic amines) is 1. The van der Waals surface area contributed by atoms with E-state index in [1.54, 1.807) is 0 Å². The third kappa shape index (κ3) is 2.40. The maximum Gasteiger partial charge on any atom is 0.433 e. The molecule has 0 aliphatic carbocycles. The topological polar surface area (TPSA) is 134 Å². The van der Waals surface area contributed by atoms with E-state index in [1.807, 2.05) is 0 Å². The van der Waals surface area contributed by atoms with Gasteiger partial charge in [-0.3, -0.25) is 14.9 Å². The first kappa shape index (κ1) is 13.0. The molecule has 1 aliphatic heterocycles. The van der Waals surface area contributed by atoms with Gasteiger partial charge in [0.2, 0.25) is 0 Å². The Balaban J connectivity index is 2.22. The third-order valence-corrected chi connectivity index (χ3v) is 2.81. The summed E-state index contributed by atoms with van der Waals surface area (Å²) >= 11 is 0. The summed E-state index contributed by atoms with van der Waals surface area (Å²) < 4.78 is 4.72. The molecule has 0 aromatic carbocycles. The average Bonchev–Trinajstić information content (AvgIpc) is 2.94. The Labute approximate surface area is 106 Å². The van der Waals surface area contributed by atoms with Crippen LogP contribution in [0, 0.1) is 10.1 Å². The van der Waals surface area contributed by atoms with Crippen LogP contribution in [0.1, 0.15) is 17.0 Å². The number of hydrogen-bond donors (Lipinski definition) is 2. The number of rotatable bonds is 3. The highest BCUT2D eigenvalue weighted by Gasteiger charge is 2.40. The van der Waals surface area contributed by atoms with Crippen molar-refractivity contribution >= 4 is 17.8 Å². The van der Waals surface area contributed by atoms with Crippen LogP contribution < -0.4 is 0 Å². The Hall–Kier alpha value is -2.42. The lowest BCUT2D eigenvalue weighted by Crippen LogP contribution is -2.40. The van der Waals surface area contributed by atoms with Gasteiger partial charge >= 0.3 is 11.9 Å². The summed E-state index contributed by atoms with van der Waals surface area (Å²) in [6, 6.07) is 0.950. The fourth-order valence-corrected chi connectivity index (χ4v) is 1.95. The number of carbonyl (C=O) groups excluding carboxylic acids is 1. The van der Waals surface area contributed by atoms with E-state index in [0.717, 1.165) is 17.0 Å². The Morgan fingerprint density at radius 2 is 2.16 bits per heavy atom. The Bertz CT molecular complexity index is 538. The number of nitrogens with zero attached hydrogens (tertiary/aromatic N) is 2. The minimum atomic E-state index is -1.24. The summed E-state index contributed by atoms with van der Waals surface area (Å²) in [5.74, 6) is -2.97. The van der Waals surface area contributed by atoms with Crippen molar-refractivity contribution in [2.45, 2.75) is 18.6 Å². The van der Waals surface area contributed by atoms with Crippen molar-refractivity contribution in [1.29, 1.82) is 0 Å². The van der Waals surface area contributed by atoms with Gasteiger partial charge in [0, 0.05) is 13.0 Å². The minimum Gasteiger partial charge on any atom is -0.480 e. The lowest BCUT2D eigenvalue weighted by atomic mass is 10.2. The Kier molecular flexibility index (Phi) is 3.21. The fraction of sp³-hybridized carbons (Fsp3) is 0.400. The smallest absolute Gasteiger partial charge is 0.433 e. The van der Waals surface area contributed by atoms with Gasteiger partial charge in [-0.2, -0.15) is 0 Å². The first-order valence-corrected chi connectivity index (χ1v) is 5.36. The van der Waals surface area contributed by atoms with Gasteiger partial charge in [0.25, 0.3) is 5.91 Å². The van der Waals surface area contributed by atoms with Crippen LogP contribution in [0.2, 0.25) is 0 Å². The van der Waals surface area contributed by atoms with E-state index in [4.69, 9.17) is 9.52 Å². The quantitative estimate of drug-likeness (QED) is 0.575. The SMILES string of the molecule is O=C(O)[C@@H]1CC(O)CN1C(=O)c1ccc([N+](=O)[O-])o1. The predicted molar refractivity (Wildman–Crippen MR) is 58.4 cm³/mol. The number of furan rings is 1. The lowest BCUT2D eigenvalue weighted by molar-refractivity contribution is -0.402. The van der Waals surface area contributed by atoms with E-state index in [2.05, 4.69) is 0 Å². The van der Waals surface area contributed by atoms with E-state index in [-0.39, 0.29) is 18.7 Å². The van der Waals surface area contributed by atoms with Crippen molar-refractivity contribution in [2.75, 3.05) is 6.54 Å². The number of carboxylic acid groups (broad SMARTS) is 1. The molecule has 2 heterocycles. The molecule has 9 nitrogen and oxygen atoms in total. The second-order valence-corrected chi connectivity index (χ2v) is 4.10. The van der Waals surface area contributed by atoms with Crippen LogP contribution in [0.5, 0.6) is 0 Å². The molecule has 0 radical (unpaired) electrons. The van der Waals surface area contributed by atoms with Crippen LogP contribution in [0.3, 0.4) is 0 Å². The van der Waals surface area contributed by atoms with Crippen LogP contribution >= 0.6 is 0 Å². The van der Waals surface area contributed by atoms with Crippen LogP contribution in [0.15, 0.2) is 16.5 Å². The Morgan fingerprint density at radius 1 is 1.47 bits per heavy atom. The number of aliphatic carboxylic acids is 1. The van der Waals surface area contributed by atoms with Gasteiger partial charge in [0.15, 0.2) is 5.76 Å². The molecule has 0 saturated carbocycles. The number of carbonyl (C=O) groups is 2. The van der Waals surface area contributed by atoms with Crippen molar-refractivity contribution in [3.05, 3.63) is 28.0 Å². The molecule has 102 valence electrons. The van der Waals surface area contributed by atoms with Crippen LogP contribution in [0.4, 0.5) is 5.88 Å². The summed E-state index contributed by atoms with van der Waals surface area (Å²) in [6.07, 6.45) is -1.01. The van der Waals surface area contributed by atoms with Crippen LogP contribution in [-0.4, -0.2) is 50.6 Å². The maximum atomic E-state index is 12.0. The minimum absolute atomic E-state index is 0.0795. The van der Waals surface area contributed by atoms with E-state index < -0.39 is 34.8 Å². The maximum absolute atomic E-state index is 12.0.